The van der Waals surface area contributed by atoms with Crippen LogP contribution in [0.1, 0.15) is 5.56 Å². The quantitative estimate of drug-likeness (QED) is 0.799. The molecule has 2 heterocycles. The van der Waals surface area contributed by atoms with Gasteiger partial charge >= 0.3 is 0 Å². The maximum absolute atomic E-state index is 5.87. The van der Waals surface area contributed by atoms with Crippen molar-refractivity contribution in [2.45, 2.75) is 6.61 Å². The summed E-state index contributed by atoms with van der Waals surface area (Å²) in [6.07, 6.45) is 6.57. The molecule has 22 heavy (non-hydrogen) atoms. The Morgan fingerprint density at radius 2 is 1.73 bits per heavy atom. The van der Waals surface area contributed by atoms with Crippen molar-refractivity contribution in [3.8, 4) is 16.9 Å². The Morgan fingerprint density at radius 3 is 2.45 bits per heavy atom. The molecule has 0 aliphatic carbocycles. The van der Waals surface area contributed by atoms with Gasteiger partial charge in [-0.15, -0.1) is 0 Å². The van der Waals surface area contributed by atoms with Gasteiger partial charge < -0.3 is 10.5 Å². The van der Waals surface area contributed by atoms with Crippen LogP contribution in [0.3, 0.4) is 0 Å². The maximum atomic E-state index is 5.87. The van der Waals surface area contributed by atoms with Crippen LogP contribution in [-0.2, 0) is 6.61 Å². The fourth-order valence-electron chi connectivity index (χ4n) is 1.92. The molecule has 0 unspecified atom stereocenters. The van der Waals surface area contributed by atoms with Gasteiger partial charge in [-0.2, -0.15) is 0 Å². The minimum absolute atomic E-state index is 0.342. The zero-order valence-electron chi connectivity index (χ0n) is 11.6. The van der Waals surface area contributed by atoms with Gasteiger partial charge in [-0.3, -0.25) is 0 Å². The van der Waals surface area contributed by atoms with E-state index in [-0.39, 0.29) is 0 Å². The van der Waals surface area contributed by atoms with Crippen LogP contribution in [0.5, 0.6) is 5.75 Å². The van der Waals surface area contributed by atoms with Gasteiger partial charge in [0.05, 0.1) is 0 Å². The Kier molecular flexibility index (Phi) is 4.16. The summed E-state index contributed by atoms with van der Waals surface area (Å²) in [5.41, 5.74) is 8.57. The highest BCUT2D eigenvalue weighted by atomic mass is 35.5. The van der Waals surface area contributed by atoms with Crippen LogP contribution in [0.15, 0.2) is 55.2 Å². The van der Waals surface area contributed by atoms with Crippen molar-refractivity contribution in [3.05, 3.63) is 65.8 Å². The lowest BCUT2D eigenvalue weighted by atomic mass is 10.1. The third kappa shape index (κ3) is 3.32. The van der Waals surface area contributed by atoms with E-state index in [1.54, 1.807) is 18.6 Å². The molecule has 0 bridgehead atoms. The van der Waals surface area contributed by atoms with Gasteiger partial charge in [0.15, 0.2) is 11.6 Å². The van der Waals surface area contributed by atoms with Crippen molar-refractivity contribution in [3.63, 3.8) is 0 Å². The minimum Gasteiger partial charge on any atom is -0.485 e. The van der Waals surface area contributed by atoms with Gasteiger partial charge in [-0.05, 0) is 23.8 Å². The first kappa shape index (κ1) is 14.3. The van der Waals surface area contributed by atoms with Gasteiger partial charge in [0, 0.05) is 34.7 Å². The largest absolute Gasteiger partial charge is 0.485 e. The number of hydrogen-bond donors (Lipinski definition) is 1. The highest BCUT2D eigenvalue weighted by Gasteiger charge is 2.07. The van der Waals surface area contributed by atoms with Crippen LogP contribution < -0.4 is 10.5 Å². The van der Waals surface area contributed by atoms with Crippen molar-refractivity contribution in [2.24, 2.45) is 0 Å². The smallest absolute Gasteiger partial charge is 0.166 e. The van der Waals surface area contributed by atoms with E-state index < -0.39 is 0 Å². The molecule has 0 radical (unpaired) electrons. The first-order chi connectivity index (χ1) is 10.7. The lowest BCUT2D eigenvalue weighted by Gasteiger charge is -2.10. The molecular weight excluding hydrogens is 300 g/mol. The Morgan fingerprint density at radius 1 is 1.00 bits per heavy atom. The molecule has 0 atom stereocenters. The third-order valence-corrected chi connectivity index (χ3v) is 3.34. The predicted molar refractivity (Wildman–Crippen MR) is 85.5 cm³/mol. The molecule has 3 rings (SSSR count). The summed E-state index contributed by atoms with van der Waals surface area (Å²) in [6, 6.07) is 9.28. The number of ether oxygens (including phenoxy) is 1. The molecule has 0 aliphatic rings. The first-order valence-electron chi connectivity index (χ1n) is 6.60. The molecule has 0 saturated heterocycles. The Balaban J connectivity index is 1.80. The van der Waals surface area contributed by atoms with Crippen LogP contribution in [0.25, 0.3) is 11.1 Å². The molecule has 0 spiro atoms. The topological polar surface area (TPSA) is 73.9 Å². The van der Waals surface area contributed by atoms with Crippen molar-refractivity contribution in [1.82, 2.24) is 15.0 Å². The molecule has 0 amide bonds. The lowest BCUT2D eigenvalue weighted by molar-refractivity contribution is 0.307. The van der Waals surface area contributed by atoms with Crippen molar-refractivity contribution >= 4 is 17.4 Å². The van der Waals surface area contributed by atoms with Crippen molar-refractivity contribution in [1.29, 1.82) is 0 Å². The molecule has 3 aromatic rings. The first-order valence-corrected chi connectivity index (χ1v) is 6.98. The van der Waals surface area contributed by atoms with E-state index in [9.17, 15) is 0 Å². The monoisotopic (exact) mass is 312 g/mol. The number of nitrogen functional groups attached to an aromatic ring is 1. The molecule has 1 aromatic carbocycles. The summed E-state index contributed by atoms with van der Waals surface area (Å²) in [6.45, 7) is 0.387. The SMILES string of the molecule is Nc1ncc(-c2cncnc2)cc1OCc1ccc(Cl)cc1. The van der Waals surface area contributed by atoms with Crippen LogP contribution >= 0.6 is 11.6 Å². The van der Waals surface area contributed by atoms with Gasteiger partial charge in [0.2, 0.25) is 0 Å². The zero-order chi connectivity index (χ0) is 15.4. The maximum Gasteiger partial charge on any atom is 0.166 e. The van der Waals surface area contributed by atoms with Gasteiger partial charge in [-0.1, -0.05) is 23.7 Å². The molecular formula is C16H13ClN4O. The number of nitrogens with two attached hydrogens (primary N) is 1. The number of nitrogens with zero attached hydrogens (tertiary/aromatic N) is 3. The predicted octanol–water partition coefficient (Wildman–Crippen LogP) is 3.35. The fraction of sp³-hybridized carbons (Fsp3) is 0.0625. The normalized spacial score (nSPS) is 10.4. The second-order valence-corrected chi connectivity index (χ2v) is 5.09. The van der Waals surface area contributed by atoms with Crippen molar-refractivity contribution < 1.29 is 4.74 Å². The van der Waals surface area contributed by atoms with Gasteiger partial charge in [-0.25, -0.2) is 15.0 Å². The lowest BCUT2D eigenvalue weighted by Crippen LogP contribution is -2.01. The minimum atomic E-state index is 0.342. The number of halogens is 1. The highest BCUT2D eigenvalue weighted by Crippen LogP contribution is 2.26. The number of pyridine rings is 1. The molecule has 5 nitrogen and oxygen atoms in total. The summed E-state index contributed by atoms with van der Waals surface area (Å²) in [4.78, 5) is 12.1. The van der Waals surface area contributed by atoms with Crippen molar-refractivity contribution in [2.75, 3.05) is 5.73 Å². The number of benzene rings is 1. The van der Waals surface area contributed by atoms with Gasteiger partial charge in [0.1, 0.15) is 12.9 Å². The van der Waals surface area contributed by atoms with E-state index in [4.69, 9.17) is 22.1 Å². The molecule has 0 aliphatic heterocycles. The molecule has 6 heteroatoms. The Bertz CT molecular complexity index is 763. The summed E-state index contributed by atoms with van der Waals surface area (Å²) >= 11 is 5.86. The summed E-state index contributed by atoms with van der Waals surface area (Å²) in [7, 11) is 0. The van der Waals surface area contributed by atoms with E-state index in [1.165, 1.54) is 6.33 Å². The second-order valence-electron chi connectivity index (χ2n) is 4.65. The number of rotatable bonds is 4. The number of anilines is 1. The van der Waals surface area contributed by atoms with E-state index in [0.29, 0.717) is 23.2 Å². The summed E-state index contributed by atoms with van der Waals surface area (Å²) < 4.78 is 5.75. The average molecular weight is 313 g/mol. The molecule has 0 saturated carbocycles. The van der Waals surface area contributed by atoms with Crippen LogP contribution in [0.2, 0.25) is 5.02 Å². The summed E-state index contributed by atoms with van der Waals surface area (Å²) in [5.74, 6) is 0.867. The molecule has 110 valence electrons. The highest BCUT2D eigenvalue weighted by molar-refractivity contribution is 6.30. The van der Waals surface area contributed by atoms with E-state index in [0.717, 1.165) is 16.7 Å². The van der Waals surface area contributed by atoms with Gasteiger partial charge in [0.25, 0.3) is 0 Å². The molecule has 0 fully saturated rings. The molecule has 2 aromatic heterocycles. The fourth-order valence-corrected chi connectivity index (χ4v) is 2.04. The van der Waals surface area contributed by atoms with E-state index >= 15 is 0 Å². The second kappa shape index (κ2) is 6.41. The Labute approximate surface area is 132 Å². The molecule has 2 N–H and O–H groups in total. The summed E-state index contributed by atoms with van der Waals surface area (Å²) in [5, 5.41) is 0.691. The van der Waals surface area contributed by atoms with Crippen LogP contribution in [0.4, 0.5) is 5.82 Å². The zero-order valence-corrected chi connectivity index (χ0v) is 12.4. The Hall–Kier alpha value is -2.66. The van der Waals surface area contributed by atoms with Crippen LogP contribution in [0, 0.1) is 0 Å². The van der Waals surface area contributed by atoms with Crippen LogP contribution in [-0.4, -0.2) is 15.0 Å². The number of aromatic nitrogens is 3. The number of hydrogen-bond acceptors (Lipinski definition) is 5. The third-order valence-electron chi connectivity index (χ3n) is 3.08. The van der Waals surface area contributed by atoms with E-state index in [2.05, 4.69) is 15.0 Å². The average Bonchev–Trinajstić information content (AvgIpc) is 2.56. The van der Waals surface area contributed by atoms with E-state index in [1.807, 2.05) is 30.3 Å². The standard InChI is InChI=1S/C16H13ClN4O/c17-14-3-1-11(2-4-14)9-22-15-5-12(8-21-16(15)18)13-6-19-10-20-7-13/h1-8,10H,9H2,(H2,18,21).